The molecule has 0 aliphatic heterocycles. The number of amides is 1. The largest absolute Gasteiger partial charge is 0.301 e. The number of nitrogens with one attached hydrogen (secondary N) is 1. The lowest BCUT2D eigenvalue weighted by Crippen LogP contribution is -2.23. The van der Waals surface area contributed by atoms with Crippen molar-refractivity contribution in [1.29, 1.82) is 0 Å². The smallest absolute Gasteiger partial charge is 0.241 e. The fourth-order valence-corrected chi connectivity index (χ4v) is 5.23. The van der Waals surface area contributed by atoms with Gasteiger partial charge in [0.1, 0.15) is 11.6 Å². The molecule has 2 aromatic heterocycles. The molecule has 0 saturated heterocycles. The van der Waals surface area contributed by atoms with Crippen molar-refractivity contribution in [2.24, 2.45) is 0 Å². The van der Waals surface area contributed by atoms with Crippen molar-refractivity contribution >= 4 is 59.5 Å². The van der Waals surface area contributed by atoms with Gasteiger partial charge in [0.15, 0.2) is 15.0 Å². The Morgan fingerprint density at radius 3 is 2.56 bits per heavy atom. The lowest BCUT2D eigenvalue weighted by Gasteiger charge is -2.04. The minimum Gasteiger partial charge on any atom is -0.301 e. The number of halogens is 2. The van der Waals surface area contributed by atoms with Crippen LogP contribution in [0.2, 0.25) is 0 Å². The van der Waals surface area contributed by atoms with Gasteiger partial charge in [0.05, 0.1) is 19.3 Å². The van der Waals surface area contributed by atoms with Crippen LogP contribution in [0.3, 0.4) is 0 Å². The highest BCUT2D eigenvalue weighted by atomic mass is 79.9. The van der Waals surface area contributed by atoms with E-state index in [9.17, 15) is 17.6 Å². The van der Waals surface area contributed by atoms with E-state index >= 15 is 0 Å². The molecule has 0 atom stereocenters. The van der Waals surface area contributed by atoms with Crippen LogP contribution in [0, 0.1) is 5.82 Å². The summed E-state index contributed by atoms with van der Waals surface area (Å²) >= 11 is 6.08. The van der Waals surface area contributed by atoms with Crippen LogP contribution in [0.5, 0.6) is 0 Å². The van der Waals surface area contributed by atoms with Crippen molar-refractivity contribution in [3.05, 3.63) is 51.4 Å². The van der Waals surface area contributed by atoms with Gasteiger partial charge in [-0.3, -0.25) is 4.79 Å². The van der Waals surface area contributed by atoms with Gasteiger partial charge in [-0.25, -0.2) is 17.8 Å². The van der Waals surface area contributed by atoms with Gasteiger partial charge < -0.3 is 5.32 Å². The average molecular weight is 461 g/mol. The number of nitrogens with zero attached hydrogens (tertiary/aromatic N) is 1. The number of hydrogen-bond donors (Lipinski definition) is 1. The van der Waals surface area contributed by atoms with E-state index < -0.39 is 27.3 Å². The van der Waals surface area contributed by atoms with E-state index in [1.807, 2.05) is 12.1 Å². The molecule has 130 valence electrons. The number of anilines is 1. The Labute approximate surface area is 159 Å². The van der Waals surface area contributed by atoms with Crippen LogP contribution < -0.4 is 5.32 Å². The highest BCUT2D eigenvalue weighted by Gasteiger charge is 2.20. The van der Waals surface area contributed by atoms with Crippen LogP contribution in [0.1, 0.15) is 0 Å². The molecular formula is C15H10BrFN2O3S3. The molecule has 1 amide bonds. The molecule has 0 radical (unpaired) electrons. The van der Waals surface area contributed by atoms with Gasteiger partial charge in [-0.05, 0) is 52.3 Å². The Kier molecular flexibility index (Phi) is 5.32. The summed E-state index contributed by atoms with van der Waals surface area (Å²) in [5.74, 6) is -1.98. The molecule has 3 aromatic rings. The van der Waals surface area contributed by atoms with E-state index in [0.29, 0.717) is 10.8 Å². The van der Waals surface area contributed by atoms with Crippen molar-refractivity contribution in [3.8, 4) is 10.6 Å². The zero-order valence-electron chi connectivity index (χ0n) is 12.4. The first-order chi connectivity index (χ1) is 11.8. The average Bonchev–Trinajstić information content (AvgIpc) is 3.16. The van der Waals surface area contributed by atoms with E-state index in [-0.39, 0.29) is 4.90 Å². The molecule has 0 aliphatic carbocycles. The van der Waals surface area contributed by atoms with E-state index in [1.165, 1.54) is 22.7 Å². The van der Waals surface area contributed by atoms with Crippen molar-refractivity contribution in [2.45, 2.75) is 4.90 Å². The number of hydrogen-bond acceptors (Lipinski definition) is 6. The van der Waals surface area contributed by atoms with Gasteiger partial charge in [0.2, 0.25) is 5.91 Å². The first kappa shape index (κ1) is 18.2. The summed E-state index contributed by atoms with van der Waals surface area (Å²) in [6.07, 6.45) is 0. The maximum atomic E-state index is 12.9. The van der Waals surface area contributed by atoms with Crippen molar-refractivity contribution < 1.29 is 17.6 Å². The Bertz CT molecular complexity index is 1010. The van der Waals surface area contributed by atoms with Gasteiger partial charge in [0, 0.05) is 5.38 Å². The number of thiophene rings is 1. The molecule has 2 heterocycles. The quantitative estimate of drug-likeness (QED) is 0.579. The summed E-state index contributed by atoms with van der Waals surface area (Å²) in [4.78, 5) is 17.1. The number of aromatic nitrogens is 1. The van der Waals surface area contributed by atoms with Crippen LogP contribution in [0.15, 0.2) is 50.5 Å². The second kappa shape index (κ2) is 7.32. The van der Waals surface area contributed by atoms with Gasteiger partial charge >= 0.3 is 0 Å². The molecule has 0 unspecified atom stereocenters. The van der Waals surface area contributed by atoms with E-state index in [4.69, 9.17) is 0 Å². The summed E-state index contributed by atoms with van der Waals surface area (Å²) in [6.45, 7) is 0. The number of carbonyl (C=O) groups is 1. The lowest BCUT2D eigenvalue weighted by atomic mass is 10.4. The Morgan fingerprint density at radius 2 is 1.92 bits per heavy atom. The SMILES string of the molecule is O=C(CS(=O)(=O)c1ccc(F)cc1)Nc1nc(-c2ccc(Br)s2)cs1. The molecule has 0 fully saturated rings. The van der Waals surface area contributed by atoms with E-state index in [1.54, 1.807) is 5.38 Å². The first-order valence-electron chi connectivity index (χ1n) is 6.83. The first-order valence-corrected chi connectivity index (χ1v) is 11.0. The standard InChI is InChI=1S/C15H10BrFN2O3S3/c16-13-6-5-12(24-13)11-7-23-15(18-11)19-14(20)8-25(21,22)10-3-1-9(17)2-4-10/h1-7H,8H2,(H,18,19,20). The second-order valence-corrected chi connectivity index (χ2v) is 10.2. The normalized spacial score (nSPS) is 11.4. The van der Waals surface area contributed by atoms with Crippen LogP contribution in [0.25, 0.3) is 10.6 Å². The molecule has 0 bridgehead atoms. The third kappa shape index (κ3) is 4.51. The van der Waals surface area contributed by atoms with E-state index in [0.717, 1.165) is 32.9 Å². The highest BCUT2D eigenvalue weighted by molar-refractivity contribution is 9.11. The van der Waals surface area contributed by atoms with Gasteiger partial charge in [0.25, 0.3) is 0 Å². The Balaban J connectivity index is 1.68. The van der Waals surface area contributed by atoms with Crippen molar-refractivity contribution in [2.75, 3.05) is 11.1 Å². The molecule has 25 heavy (non-hydrogen) atoms. The summed E-state index contributed by atoms with van der Waals surface area (Å²) in [7, 11) is -3.84. The molecule has 5 nitrogen and oxygen atoms in total. The number of carbonyl (C=O) groups excluding carboxylic acids is 1. The van der Waals surface area contributed by atoms with Crippen LogP contribution in [-0.4, -0.2) is 25.1 Å². The molecule has 10 heteroatoms. The minimum absolute atomic E-state index is 0.104. The van der Waals surface area contributed by atoms with Gasteiger partial charge in [-0.2, -0.15) is 0 Å². The van der Waals surface area contributed by atoms with Gasteiger partial charge in [-0.1, -0.05) is 0 Å². The molecule has 3 rings (SSSR count). The zero-order valence-corrected chi connectivity index (χ0v) is 16.4. The topological polar surface area (TPSA) is 76.1 Å². The lowest BCUT2D eigenvalue weighted by molar-refractivity contribution is -0.113. The predicted octanol–water partition coefficient (Wildman–Crippen LogP) is 4.19. The monoisotopic (exact) mass is 460 g/mol. The number of sulfone groups is 1. The summed E-state index contributed by atoms with van der Waals surface area (Å²) < 4.78 is 38.2. The zero-order chi connectivity index (χ0) is 18.0. The summed E-state index contributed by atoms with van der Waals surface area (Å²) in [5, 5.41) is 4.58. The van der Waals surface area contributed by atoms with Gasteiger partial charge in [-0.15, -0.1) is 22.7 Å². The van der Waals surface area contributed by atoms with Crippen molar-refractivity contribution in [1.82, 2.24) is 4.98 Å². The summed E-state index contributed by atoms with van der Waals surface area (Å²) in [6, 6.07) is 8.14. The highest BCUT2D eigenvalue weighted by Crippen LogP contribution is 2.33. The van der Waals surface area contributed by atoms with Crippen LogP contribution in [0.4, 0.5) is 9.52 Å². The third-order valence-electron chi connectivity index (χ3n) is 3.07. The molecule has 0 aliphatic rings. The molecule has 0 saturated carbocycles. The maximum absolute atomic E-state index is 12.9. The van der Waals surface area contributed by atoms with Crippen LogP contribution >= 0.6 is 38.6 Å². The van der Waals surface area contributed by atoms with E-state index in [2.05, 4.69) is 26.2 Å². The molecule has 1 N–H and O–H groups in total. The molecular weight excluding hydrogens is 451 g/mol. The number of rotatable bonds is 5. The minimum atomic E-state index is -3.84. The molecule has 0 spiro atoms. The Morgan fingerprint density at radius 1 is 1.20 bits per heavy atom. The summed E-state index contributed by atoms with van der Waals surface area (Å²) in [5.41, 5.74) is 0.706. The fraction of sp³-hybridized carbons (Fsp3) is 0.0667. The van der Waals surface area contributed by atoms with Crippen LogP contribution in [-0.2, 0) is 14.6 Å². The second-order valence-electron chi connectivity index (χ2n) is 4.90. The van der Waals surface area contributed by atoms with Crippen molar-refractivity contribution in [3.63, 3.8) is 0 Å². The third-order valence-corrected chi connectivity index (χ3v) is 7.11. The molecule has 1 aromatic carbocycles. The number of thiazole rings is 1. The predicted molar refractivity (Wildman–Crippen MR) is 100 cm³/mol. The Hall–Kier alpha value is -1.62. The fourth-order valence-electron chi connectivity index (χ4n) is 1.95. The maximum Gasteiger partial charge on any atom is 0.241 e. The number of benzene rings is 1.